The van der Waals surface area contributed by atoms with Crippen LogP contribution in [0, 0.1) is 6.92 Å². The molecular formula is C23H27N5O. The second-order valence-corrected chi connectivity index (χ2v) is 7.67. The molecule has 150 valence electrons. The number of carbonyl (C=O) groups excluding carboxylic acids is 1. The number of nitrogens with one attached hydrogen (secondary N) is 2. The predicted octanol–water partition coefficient (Wildman–Crippen LogP) is 3.16. The van der Waals surface area contributed by atoms with Crippen LogP contribution < -0.4 is 16.4 Å². The Hall–Kier alpha value is -2.99. The molecule has 0 saturated carbocycles. The highest BCUT2D eigenvalue weighted by Gasteiger charge is 2.27. The van der Waals surface area contributed by atoms with Crippen molar-refractivity contribution in [2.45, 2.75) is 38.6 Å². The molecule has 1 aromatic heterocycles. The van der Waals surface area contributed by atoms with Crippen LogP contribution in [0.25, 0.3) is 10.9 Å². The number of aryl methyl sites for hydroxylation is 2. The summed E-state index contributed by atoms with van der Waals surface area (Å²) in [6.07, 6.45) is 1.74. The average Bonchev–Trinajstić information content (AvgIpc) is 2.73. The number of para-hydroxylation sites is 1. The maximum absolute atomic E-state index is 11.9. The van der Waals surface area contributed by atoms with Gasteiger partial charge in [-0.2, -0.15) is 0 Å². The lowest BCUT2D eigenvalue weighted by atomic mass is 9.85. The van der Waals surface area contributed by atoms with Crippen molar-refractivity contribution in [3.63, 3.8) is 0 Å². The normalized spacial score (nSPS) is 19.2. The predicted molar refractivity (Wildman–Crippen MR) is 116 cm³/mol. The molecule has 2 unspecified atom stereocenters. The van der Waals surface area contributed by atoms with Crippen LogP contribution in [0.4, 0.5) is 5.82 Å². The van der Waals surface area contributed by atoms with Crippen LogP contribution in [-0.2, 0) is 6.42 Å². The minimum Gasteiger partial charge on any atom is -0.366 e. The first kappa shape index (κ1) is 19.3. The van der Waals surface area contributed by atoms with E-state index in [1.165, 1.54) is 11.1 Å². The molecule has 29 heavy (non-hydrogen) atoms. The number of aromatic nitrogens is 2. The number of amides is 1. The van der Waals surface area contributed by atoms with Gasteiger partial charge in [0, 0.05) is 30.3 Å². The minimum atomic E-state index is -0.473. The van der Waals surface area contributed by atoms with Crippen molar-refractivity contribution in [3.05, 3.63) is 65.0 Å². The number of carbonyl (C=O) groups is 1. The molecule has 0 radical (unpaired) electrons. The monoisotopic (exact) mass is 389 g/mol. The highest BCUT2D eigenvalue weighted by atomic mass is 16.1. The Morgan fingerprint density at radius 3 is 2.83 bits per heavy atom. The topological polar surface area (TPSA) is 92.9 Å². The van der Waals surface area contributed by atoms with Crippen LogP contribution in [0.3, 0.4) is 0 Å². The number of piperidine rings is 1. The molecule has 6 heteroatoms. The van der Waals surface area contributed by atoms with E-state index in [2.05, 4.69) is 46.8 Å². The zero-order valence-electron chi connectivity index (χ0n) is 16.9. The second-order valence-electron chi connectivity index (χ2n) is 7.67. The van der Waals surface area contributed by atoms with E-state index >= 15 is 0 Å². The molecule has 2 heterocycles. The van der Waals surface area contributed by atoms with Crippen molar-refractivity contribution < 1.29 is 4.79 Å². The fourth-order valence-corrected chi connectivity index (χ4v) is 4.15. The van der Waals surface area contributed by atoms with Gasteiger partial charge in [0.05, 0.1) is 11.1 Å². The van der Waals surface area contributed by atoms with Gasteiger partial charge in [-0.25, -0.2) is 9.97 Å². The number of hydrogen-bond donors (Lipinski definition) is 3. The van der Waals surface area contributed by atoms with E-state index in [0.717, 1.165) is 30.7 Å². The van der Waals surface area contributed by atoms with E-state index in [9.17, 15) is 4.79 Å². The van der Waals surface area contributed by atoms with E-state index in [4.69, 9.17) is 10.7 Å². The molecule has 2 atom stereocenters. The lowest BCUT2D eigenvalue weighted by molar-refractivity contribution is 0.100. The summed E-state index contributed by atoms with van der Waals surface area (Å²) in [6, 6.07) is 14.4. The van der Waals surface area contributed by atoms with Gasteiger partial charge in [0.25, 0.3) is 5.91 Å². The summed E-state index contributed by atoms with van der Waals surface area (Å²) in [5, 5.41) is 7.99. The first-order valence-electron chi connectivity index (χ1n) is 10.2. The van der Waals surface area contributed by atoms with Crippen molar-refractivity contribution in [2.24, 2.45) is 5.73 Å². The molecule has 1 saturated heterocycles. The van der Waals surface area contributed by atoms with E-state index in [1.54, 1.807) is 6.07 Å². The van der Waals surface area contributed by atoms with Crippen LogP contribution in [-0.4, -0.2) is 35.0 Å². The maximum Gasteiger partial charge on any atom is 0.250 e. The standard InChI is InChI=1S/C23H27N5O/c1-3-20-27-21-17(22(24)29)8-5-9-18(21)23(28-20)26-19-13-25-11-10-16(19)15-7-4-6-14(2)12-15/h4-9,12,16,19,25H,3,10-11,13H2,1-2H3,(H2,24,29)(H,26,27,28). The molecule has 0 spiro atoms. The Kier molecular flexibility index (Phi) is 5.45. The number of rotatable bonds is 5. The molecule has 1 amide bonds. The number of hydrogen-bond acceptors (Lipinski definition) is 5. The van der Waals surface area contributed by atoms with Gasteiger partial charge < -0.3 is 16.4 Å². The summed E-state index contributed by atoms with van der Waals surface area (Å²) in [6.45, 7) is 5.98. The summed E-state index contributed by atoms with van der Waals surface area (Å²) in [4.78, 5) is 21.3. The van der Waals surface area contributed by atoms with Crippen LogP contribution in [0.1, 0.15) is 46.6 Å². The largest absolute Gasteiger partial charge is 0.366 e. The van der Waals surface area contributed by atoms with Crippen molar-refractivity contribution in [2.75, 3.05) is 18.4 Å². The number of primary amides is 1. The summed E-state index contributed by atoms with van der Waals surface area (Å²) in [5.74, 6) is 1.37. The highest BCUT2D eigenvalue weighted by Crippen LogP contribution is 2.31. The number of nitrogens with two attached hydrogens (primary N) is 1. The highest BCUT2D eigenvalue weighted by molar-refractivity contribution is 6.07. The number of anilines is 1. The van der Waals surface area contributed by atoms with Crippen LogP contribution in [0.2, 0.25) is 0 Å². The molecule has 4 rings (SSSR count). The van der Waals surface area contributed by atoms with Gasteiger partial charge in [0.15, 0.2) is 0 Å². The van der Waals surface area contributed by atoms with Crippen molar-refractivity contribution >= 4 is 22.6 Å². The van der Waals surface area contributed by atoms with Gasteiger partial charge >= 0.3 is 0 Å². The summed E-state index contributed by atoms with van der Waals surface area (Å²) in [5.41, 5.74) is 9.25. The third-order valence-electron chi connectivity index (χ3n) is 5.63. The molecule has 1 aliphatic rings. The van der Waals surface area contributed by atoms with E-state index < -0.39 is 5.91 Å². The van der Waals surface area contributed by atoms with Crippen LogP contribution in [0.15, 0.2) is 42.5 Å². The van der Waals surface area contributed by atoms with Gasteiger partial charge in [0.1, 0.15) is 11.6 Å². The van der Waals surface area contributed by atoms with Gasteiger partial charge in [-0.15, -0.1) is 0 Å². The molecule has 4 N–H and O–H groups in total. The van der Waals surface area contributed by atoms with Gasteiger partial charge in [-0.05, 0) is 37.6 Å². The van der Waals surface area contributed by atoms with E-state index in [-0.39, 0.29) is 6.04 Å². The zero-order valence-corrected chi connectivity index (χ0v) is 16.9. The van der Waals surface area contributed by atoms with Gasteiger partial charge in [0.2, 0.25) is 0 Å². The van der Waals surface area contributed by atoms with E-state index in [0.29, 0.717) is 29.2 Å². The SMILES string of the molecule is CCc1nc(NC2CNCCC2c2cccc(C)c2)c2cccc(C(N)=O)c2n1. The number of benzene rings is 2. The number of fused-ring (bicyclic) bond motifs is 1. The summed E-state index contributed by atoms with van der Waals surface area (Å²) < 4.78 is 0. The number of nitrogens with zero attached hydrogens (tertiary/aromatic N) is 2. The third-order valence-corrected chi connectivity index (χ3v) is 5.63. The zero-order chi connectivity index (χ0) is 20.4. The van der Waals surface area contributed by atoms with Crippen LogP contribution in [0.5, 0.6) is 0 Å². The molecule has 2 aromatic carbocycles. The molecule has 0 bridgehead atoms. The Balaban J connectivity index is 1.75. The van der Waals surface area contributed by atoms with Crippen molar-refractivity contribution in [1.82, 2.24) is 15.3 Å². The maximum atomic E-state index is 11.9. The Morgan fingerprint density at radius 2 is 2.07 bits per heavy atom. The Bertz CT molecular complexity index is 1050. The Morgan fingerprint density at radius 1 is 1.24 bits per heavy atom. The van der Waals surface area contributed by atoms with Gasteiger partial charge in [-0.3, -0.25) is 4.79 Å². The smallest absolute Gasteiger partial charge is 0.250 e. The molecule has 1 aliphatic heterocycles. The first-order valence-corrected chi connectivity index (χ1v) is 10.2. The quantitative estimate of drug-likeness (QED) is 0.623. The lowest BCUT2D eigenvalue weighted by Gasteiger charge is -2.34. The summed E-state index contributed by atoms with van der Waals surface area (Å²) in [7, 11) is 0. The van der Waals surface area contributed by atoms with E-state index in [1.807, 2.05) is 19.1 Å². The second kappa shape index (κ2) is 8.17. The molecule has 6 nitrogen and oxygen atoms in total. The van der Waals surface area contributed by atoms with Gasteiger partial charge in [-0.1, -0.05) is 42.8 Å². The molecule has 1 fully saturated rings. The fourth-order valence-electron chi connectivity index (χ4n) is 4.15. The van der Waals surface area contributed by atoms with Crippen molar-refractivity contribution in [1.29, 1.82) is 0 Å². The molecule has 3 aromatic rings. The third kappa shape index (κ3) is 3.93. The fraction of sp³-hybridized carbons (Fsp3) is 0.348. The first-order chi connectivity index (χ1) is 14.1. The van der Waals surface area contributed by atoms with Crippen LogP contribution >= 0.6 is 0 Å². The Labute approximate surface area is 170 Å². The minimum absolute atomic E-state index is 0.186. The summed E-state index contributed by atoms with van der Waals surface area (Å²) >= 11 is 0. The lowest BCUT2D eigenvalue weighted by Crippen LogP contribution is -2.44. The van der Waals surface area contributed by atoms with Crippen molar-refractivity contribution in [3.8, 4) is 0 Å². The molecular weight excluding hydrogens is 362 g/mol. The molecule has 0 aliphatic carbocycles. The average molecular weight is 390 g/mol.